The van der Waals surface area contributed by atoms with Gasteiger partial charge in [-0.15, -0.1) is 6.58 Å². The van der Waals surface area contributed by atoms with Gasteiger partial charge in [0.2, 0.25) is 0 Å². The minimum atomic E-state index is -0.147. The Bertz CT molecular complexity index is 604. The first kappa shape index (κ1) is 13.2. The van der Waals surface area contributed by atoms with E-state index in [2.05, 4.69) is 11.6 Å². The number of fused-ring (bicyclic) bond motifs is 1. The summed E-state index contributed by atoms with van der Waals surface area (Å²) in [7, 11) is 0. The first-order valence-corrected chi connectivity index (χ1v) is 6.05. The second kappa shape index (κ2) is 5.58. The van der Waals surface area contributed by atoms with E-state index in [0.717, 1.165) is 10.9 Å². The van der Waals surface area contributed by atoms with Crippen LogP contribution in [0.15, 0.2) is 37.1 Å². The van der Waals surface area contributed by atoms with Gasteiger partial charge in [-0.2, -0.15) is 0 Å². The number of rotatable bonds is 5. The van der Waals surface area contributed by atoms with Gasteiger partial charge in [-0.25, -0.2) is 0 Å². The van der Waals surface area contributed by atoms with E-state index in [1.165, 1.54) is 0 Å². The number of aromatic amines is 1. The molecule has 0 aliphatic rings. The molecule has 0 bridgehead atoms. The minimum absolute atomic E-state index is 0.0793. The molecule has 0 unspecified atom stereocenters. The maximum atomic E-state index is 12.4. The van der Waals surface area contributed by atoms with Crippen LogP contribution >= 0.6 is 0 Å². The molecule has 100 valence electrons. The molecule has 1 aromatic heterocycles. The number of amides is 1. The van der Waals surface area contributed by atoms with Gasteiger partial charge in [0.05, 0.1) is 12.2 Å². The largest absolute Gasteiger partial charge is 0.399 e. The number of nitrogen functional groups attached to an aromatic ring is 1. The number of nitrogens with one attached hydrogen (secondary N) is 1. The first-order valence-electron chi connectivity index (χ1n) is 6.05. The fourth-order valence-corrected chi connectivity index (χ4v) is 2.04. The van der Waals surface area contributed by atoms with Gasteiger partial charge >= 0.3 is 0 Å². The quantitative estimate of drug-likeness (QED) is 0.560. The Labute approximate surface area is 111 Å². The van der Waals surface area contributed by atoms with Crippen LogP contribution in [0.1, 0.15) is 10.4 Å². The Hall–Kier alpha value is -2.27. The van der Waals surface area contributed by atoms with Crippen molar-refractivity contribution in [2.24, 2.45) is 0 Å². The fraction of sp³-hybridized carbons (Fsp3) is 0.214. The number of aliphatic hydroxyl groups excluding tert-OH is 1. The zero-order valence-electron chi connectivity index (χ0n) is 10.6. The smallest absolute Gasteiger partial charge is 0.256 e. The molecule has 1 amide bonds. The van der Waals surface area contributed by atoms with E-state index in [9.17, 15) is 4.79 Å². The molecule has 0 fully saturated rings. The van der Waals surface area contributed by atoms with Gasteiger partial charge in [-0.05, 0) is 18.2 Å². The van der Waals surface area contributed by atoms with Crippen molar-refractivity contribution in [1.29, 1.82) is 0 Å². The molecule has 1 heterocycles. The molecule has 5 nitrogen and oxygen atoms in total. The molecule has 0 radical (unpaired) electrons. The normalized spacial score (nSPS) is 10.6. The van der Waals surface area contributed by atoms with Crippen molar-refractivity contribution in [3.63, 3.8) is 0 Å². The summed E-state index contributed by atoms with van der Waals surface area (Å²) in [6.45, 7) is 4.22. The Kier molecular flexibility index (Phi) is 3.87. The second-order valence-corrected chi connectivity index (χ2v) is 4.27. The van der Waals surface area contributed by atoms with E-state index in [-0.39, 0.29) is 19.1 Å². The summed E-state index contributed by atoms with van der Waals surface area (Å²) in [6, 6.07) is 5.39. The second-order valence-electron chi connectivity index (χ2n) is 4.27. The highest BCUT2D eigenvalue weighted by atomic mass is 16.3. The fourth-order valence-electron chi connectivity index (χ4n) is 2.04. The van der Waals surface area contributed by atoms with E-state index < -0.39 is 0 Å². The lowest BCUT2D eigenvalue weighted by Crippen LogP contribution is -2.33. The van der Waals surface area contributed by atoms with Crippen LogP contribution < -0.4 is 5.73 Å². The Balaban J connectivity index is 2.39. The standard InChI is InChI=1S/C14H17N3O2/c1-2-5-17(6-7-18)14(19)12-9-16-13-4-3-10(15)8-11(12)13/h2-4,8-9,16,18H,1,5-7,15H2. The SMILES string of the molecule is C=CCN(CCO)C(=O)c1c[nH]c2ccc(N)cc12. The number of aromatic nitrogens is 1. The minimum Gasteiger partial charge on any atom is -0.399 e. The zero-order chi connectivity index (χ0) is 13.8. The molecule has 19 heavy (non-hydrogen) atoms. The molecule has 0 aliphatic carbocycles. The molecule has 1 aromatic carbocycles. The maximum Gasteiger partial charge on any atom is 0.256 e. The van der Waals surface area contributed by atoms with Crippen molar-refractivity contribution < 1.29 is 9.90 Å². The number of carbonyl (C=O) groups is 1. The van der Waals surface area contributed by atoms with Gasteiger partial charge < -0.3 is 20.7 Å². The van der Waals surface area contributed by atoms with Gasteiger partial charge in [0.1, 0.15) is 0 Å². The van der Waals surface area contributed by atoms with E-state index in [1.54, 1.807) is 29.3 Å². The van der Waals surface area contributed by atoms with Crippen LogP contribution in [0, 0.1) is 0 Å². The zero-order valence-corrected chi connectivity index (χ0v) is 10.6. The summed E-state index contributed by atoms with van der Waals surface area (Å²) in [5.74, 6) is -0.147. The monoisotopic (exact) mass is 259 g/mol. The summed E-state index contributed by atoms with van der Waals surface area (Å²) in [5, 5.41) is 9.80. The van der Waals surface area contributed by atoms with E-state index in [1.807, 2.05) is 6.07 Å². The third-order valence-corrected chi connectivity index (χ3v) is 2.94. The highest BCUT2D eigenvalue weighted by Crippen LogP contribution is 2.22. The molecule has 2 aromatic rings. The third-order valence-electron chi connectivity index (χ3n) is 2.94. The average molecular weight is 259 g/mol. The van der Waals surface area contributed by atoms with Crippen LogP contribution in [0.3, 0.4) is 0 Å². The molecule has 0 spiro atoms. The average Bonchev–Trinajstić information content (AvgIpc) is 2.80. The van der Waals surface area contributed by atoms with Crippen LogP contribution in [-0.4, -0.2) is 40.6 Å². The molecule has 0 atom stereocenters. The molecule has 0 saturated heterocycles. The summed E-state index contributed by atoms with van der Waals surface area (Å²) >= 11 is 0. The molecular weight excluding hydrogens is 242 g/mol. The van der Waals surface area contributed by atoms with Crippen molar-refractivity contribution in [2.45, 2.75) is 0 Å². The maximum absolute atomic E-state index is 12.4. The van der Waals surface area contributed by atoms with Crippen molar-refractivity contribution in [3.05, 3.63) is 42.6 Å². The Morgan fingerprint density at radius 1 is 1.53 bits per heavy atom. The van der Waals surface area contributed by atoms with Crippen LogP contribution in [0.5, 0.6) is 0 Å². The number of nitrogens with zero attached hydrogens (tertiary/aromatic N) is 1. The van der Waals surface area contributed by atoms with Crippen molar-refractivity contribution in [2.75, 3.05) is 25.4 Å². The molecule has 4 N–H and O–H groups in total. The van der Waals surface area contributed by atoms with Crippen LogP contribution in [0.2, 0.25) is 0 Å². The van der Waals surface area contributed by atoms with Crippen LogP contribution in [0.25, 0.3) is 10.9 Å². The predicted octanol–water partition coefficient (Wildman–Crippen LogP) is 1.37. The summed E-state index contributed by atoms with van der Waals surface area (Å²) in [5.41, 5.74) is 7.77. The lowest BCUT2D eigenvalue weighted by Gasteiger charge is -2.19. The summed E-state index contributed by atoms with van der Waals surface area (Å²) in [4.78, 5) is 17.0. The molecule has 2 rings (SSSR count). The van der Waals surface area contributed by atoms with E-state index in [0.29, 0.717) is 17.8 Å². The highest BCUT2D eigenvalue weighted by Gasteiger charge is 2.18. The van der Waals surface area contributed by atoms with Gasteiger partial charge in [-0.3, -0.25) is 4.79 Å². The number of hydrogen-bond acceptors (Lipinski definition) is 3. The van der Waals surface area contributed by atoms with Crippen LogP contribution in [0.4, 0.5) is 5.69 Å². The number of hydrogen-bond donors (Lipinski definition) is 3. The van der Waals surface area contributed by atoms with Crippen molar-refractivity contribution >= 4 is 22.5 Å². The predicted molar refractivity (Wildman–Crippen MR) is 75.9 cm³/mol. The molecular formula is C14H17N3O2. The van der Waals surface area contributed by atoms with E-state index in [4.69, 9.17) is 10.8 Å². The number of nitrogens with two attached hydrogens (primary N) is 1. The summed E-state index contributed by atoms with van der Waals surface area (Å²) in [6.07, 6.45) is 3.30. The van der Waals surface area contributed by atoms with Gasteiger partial charge in [0, 0.05) is 35.9 Å². The van der Waals surface area contributed by atoms with Gasteiger partial charge in [0.25, 0.3) is 5.91 Å². The Morgan fingerprint density at radius 2 is 2.32 bits per heavy atom. The van der Waals surface area contributed by atoms with Gasteiger partial charge in [-0.1, -0.05) is 6.08 Å². The summed E-state index contributed by atoms with van der Waals surface area (Å²) < 4.78 is 0. The lowest BCUT2D eigenvalue weighted by atomic mass is 10.1. The molecule has 0 aliphatic heterocycles. The molecule has 0 saturated carbocycles. The van der Waals surface area contributed by atoms with Crippen LogP contribution in [-0.2, 0) is 0 Å². The highest BCUT2D eigenvalue weighted by molar-refractivity contribution is 6.07. The number of H-pyrrole nitrogens is 1. The lowest BCUT2D eigenvalue weighted by molar-refractivity contribution is 0.0745. The molecule has 5 heteroatoms. The number of benzene rings is 1. The van der Waals surface area contributed by atoms with Gasteiger partial charge in [0.15, 0.2) is 0 Å². The third kappa shape index (κ3) is 2.61. The van der Waals surface area contributed by atoms with Crippen molar-refractivity contribution in [1.82, 2.24) is 9.88 Å². The first-order chi connectivity index (χ1) is 9.17. The van der Waals surface area contributed by atoms with E-state index >= 15 is 0 Å². The number of anilines is 1. The number of aliphatic hydroxyl groups is 1. The number of carbonyl (C=O) groups excluding carboxylic acids is 1. The van der Waals surface area contributed by atoms with Crippen molar-refractivity contribution in [3.8, 4) is 0 Å². The topological polar surface area (TPSA) is 82.3 Å². The Morgan fingerprint density at radius 3 is 3.00 bits per heavy atom.